The molecule has 0 amide bonds. The molecule has 0 saturated carbocycles. The maximum absolute atomic E-state index is 12.0. The van der Waals surface area contributed by atoms with E-state index < -0.39 is 30.6 Å². The first-order valence-corrected chi connectivity index (χ1v) is 7.20. The third kappa shape index (κ3) is 4.42. The van der Waals surface area contributed by atoms with E-state index in [1.54, 1.807) is 49.4 Å². The Hall–Kier alpha value is -3.15. The molecule has 0 aliphatic carbocycles. The zero-order valence-corrected chi connectivity index (χ0v) is 13.0. The van der Waals surface area contributed by atoms with Crippen molar-refractivity contribution < 1.29 is 29.0 Å². The lowest BCUT2D eigenvalue weighted by Gasteiger charge is -2.14. The lowest BCUT2D eigenvalue weighted by Crippen LogP contribution is -2.32. The van der Waals surface area contributed by atoms with Crippen molar-refractivity contribution in [2.75, 3.05) is 6.61 Å². The maximum Gasteiger partial charge on any atom is 0.348 e. The molecule has 0 radical (unpaired) electrons. The molecule has 0 bridgehead atoms. The number of carbonyl (C=O) groups excluding carboxylic acids is 2. The van der Waals surface area contributed by atoms with Gasteiger partial charge in [0, 0.05) is 0 Å². The van der Waals surface area contributed by atoms with Crippen LogP contribution in [0.1, 0.15) is 26.3 Å². The molecule has 6 heteroatoms. The fourth-order valence-electron chi connectivity index (χ4n) is 1.96. The first-order valence-electron chi connectivity index (χ1n) is 7.20. The first-order chi connectivity index (χ1) is 11.5. The van der Waals surface area contributed by atoms with Crippen LogP contribution in [0.25, 0.3) is 0 Å². The van der Waals surface area contributed by atoms with Crippen LogP contribution in [-0.2, 0) is 14.3 Å². The molecule has 0 fully saturated rings. The van der Waals surface area contributed by atoms with Crippen molar-refractivity contribution >= 4 is 17.9 Å². The summed E-state index contributed by atoms with van der Waals surface area (Å²) in [5, 5.41) is 9.14. The highest BCUT2D eigenvalue weighted by Gasteiger charge is 2.25. The van der Waals surface area contributed by atoms with Gasteiger partial charge in [-0.15, -0.1) is 0 Å². The van der Waals surface area contributed by atoms with Gasteiger partial charge >= 0.3 is 17.9 Å². The molecule has 0 unspecified atom stereocenters. The molecular formula is C18H16O6. The van der Waals surface area contributed by atoms with Crippen molar-refractivity contribution in [1.29, 1.82) is 0 Å². The molecule has 124 valence electrons. The summed E-state index contributed by atoms with van der Waals surface area (Å²) >= 11 is 0. The van der Waals surface area contributed by atoms with Gasteiger partial charge in [-0.25, -0.2) is 14.4 Å². The van der Waals surface area contributed by atoms with E-state index >= 15 is 0 Å². The third-order valence-corrected chi connectivity index (χ3v) is 3.27. The predicted octanol–water partition coefficient (Wildman–Crippen LogP) is 2.46. The number of ether oxygens (including phenoxy) is 2. The molecule has 0 aromatic heterocycles. The van der Waals surface area contributed by atoms with E-state index in [1.807, 2.05) is 0 Å². The lowest BCUT2D eigenvalue weighted by atomic mass is 10.1. The fourth-order valence-corrected chi connectivity index (χ4v) is 1.96. The normalized spacial score (nSPS) is 11.4. The average Bonchev–Trinajstić information content (AvgIpc) is 2.59. The number of hydrogen-bond donors (Lipinski definition) is 1. The molecule has 6 nitrogen and oxygen atoms in total. The number of aliphatic carboxylic acids is 1. The van der Waals surface area contributed by atoms with Crippen LogP contribution in [0.15, 0.2) is 54.6 Å². The number of carboxylic acid groups (broad SMARTS) is 1. The Labute approximate surface area is 138 Å². The van der Waals surface area contributed by atoms with Gasteiger partial charge in [0.2, 0.25) is 6.10 Å². The first kappa shape index (κ1) is 17.2. The Balaban J connectivity index is 1.99. The van der Waals surface area contributed by atoms with Gasteiger partial charge in [0.1, 0.15) is 6.61 Å². The highest BCUT2D eigenvalue weighted by Crippen LogP contribution is 2.10. The Morgan fingerprint density at radius 1 is 0.958 bits per heavy atom. The summed E-state index contributed by atoms with van der Waals surface area (Å²) < 4.78 is 9.87. The standard InChI is InChI=1S/C18H16O6/c1-12-7-5-6-10-14(12)18(22)23-11-15(16(19)20)24-17(21)13-8-3-2-4-9-13/h2-10,15H,11H2,1H3,(H,19,20)/t15-/m1/s1. The Morgan fingerprint density at radius 2 is 1.58 bits per heavy atom. The zero-order valence-electron chi connectivity index (χ0n) is 13.0. The highest BCUT2D eigenvalue weighted by atomic mass is 16.6. The van der Waals surface area contributed by atoms with Gasteiger partial charge in [0.05, 0.1) is 11.1 Å². The summed E-state index contributed by atoms with van der Waals surface area (Å²) in [6.07, 6.45) is -1.58. The van der Waals surface area contributed by atoms with Gasteiger partial charge < -0.3 is 14.6 Å². The molecule has 0 aliphatic rings. The van der Waals surface area contributed by atoms with Crippen LogP contribution < -0.4 is 0 Å². The Bertz CT molecular complexity index is 738. The number of carboxylic acids is 1. The van der Waals surface area contributed by atoms with Gasteiger partial charge in [0.25, 0.3) is 0 Å². The summed E-state index contributed by atoms with van der Waals surface area (Å²) in [7, 11) is 0. The van der Waals surface area contributed by atoms with E-state index in [2.05, 4.69) is 0 Å². The van der Waals surface area contributed by atoms with E-state index in [1.165, 1.54) is 12.1 Å². The summed E-state index contributed by atoms with van der Waals surface area (Å²) in [4.78, 5) is 35.1. The highest BCUT2D eigenvalue weighted by molar-refractivity contribution is 5.92. The molecule has 0 heterocycles. The number of aryl methyl sites for hydroxylation is 1. The summed E-state index contributed by atoms with van der Waals surface area (Å²) in [6, 6.07) is 14.7. The van der Waals surface area contributed by atoms with Gasteiger partial charge in [-0.1, -0.05) is 36.4 Å². The Morgan fingerprint density at radius 3 is 2.21 bits per heavy atom. The molecule has 2 aromatic rings. The van der Waals surface area contributed by atoms with Crippen LogP contribution in [0, 0.1) is 6.92 Å². The number of hydrogen-bond acceptors (Lipinski definition) is 5. The molecule has 0 aliphatic heterocycles. The van der Waals surface area contributed by atoms with Crippen LogP contribution in [-0.4, -0.2) is 35.7 Å². The van der Waals surface area contributed by atoms with Gasteiger partial charge in [-0.05, 0) is 30.7 Å². The van der Waals surface area contributed by atoms with Crippen molar-refractivity contribution in [2.45, 2.75) is 13.0 Å². The van der Waals surface area contributed by atoms with E-state index in [0.29, 0.717) is 11.1 Å². The lowest BCUT2D eigenvalue weighted by molar-refractivity contribution is -0.149. The number of carbonyl (C=O) groups is 3. The second-order valence-electron chi connectivity index (χ2n) is 5.01. The largest absolute Gasteiger partial charge is 0.478 e. The molecule has 0 saturated heterocycles. The second kappa shape index (κ2) is 7.92. The van der Waals surface area contributed by atoms with Crippen molar-refractivity contribution in [1.82, 2.24) is 0 Å². The zero-order chi connectivity index (χ0) is 17.5. The van der Waals surface area contributed by atoms with Crippen molar-refractivity contribution in [3.63, 3.8) is 0 Å². The second-order valence-corrected chi connectivity index (χ2v) is 5.01. The topological polar surface area (TPSA) is 89.9 Å². The number of esters is 2. The van der Waals surface area contributed by atoms with E-state index in [0.717, 1.165) is 0 Å². The fraction of sp³-hybridized carbons (Fsp3) is 0.167. The van der Waals surface area contributed by atoms with E-state index in [4.69, 9.17) is 14.6 Å². The van der Waals surface area contributed by atoms with Crippen LogP contribution in [0.2, 0.25) is 0 Å². The monoisotopic (exact) mass is 328 g/mol. The van der Waals surface area contributed by atoms with Crippen molar-refractivity contribution in [2.24, 2.45) is 0 Å². The molecular weight excluding hydrogens is 312 g/mol. The number of rotatable bonds is 6. The van der Waals surface area contributed by atoms with Crippen molar-refractivity contribution in [3.8, 4) is 0 Å². The van der Waals surface area contributed by atoms with Crippen LogP contribution >= 0.6 is 0 Å². The van der Waals surface area contributed by atoms with Crippen LogP contribution in [0.3, 0.4) is 0 Å². The van der Waals surface area contributed by atoms with E-state index in [-0.39, 0.29) is 5.56 Å². The summed E-state index contributed by atoms with van der Waals surface area (Å²) in [5.41, 5.74) is 1.25. The van der Waals surface area contributed by atoms with Crippen LogP contribution in [0.5, 0.6) is 0 Å². The smallest absolute Gasteiger partial charge is 0.348 e. The minimum Gasteiger partial charge on any atom is -0.478 e. The van der Waals surface area contributed by atoms with Gasteiger partial charge in [-0.3, -0.25) is 0 Å². The molecule has 24 heavy (non-hydrogen) atoms. The average molecular weight is 328 g/mol. The molecule has 2 aromatic carbocycles. The van der Waals surface area contributed by atoms with E-state index in [9.17, 15) is 14.4 Å². The molecule has 0 spiro atoms. The maximum atomic E-state index is 12.0. The van der Waals surface area contributed by atoms with Gasteiger partial charge in [-0.2, -0.15) is 0 Å². The quantitative estimate of drug-likeness (QED) is 0.819. The molecule has 1 atom stereocenters. The van der Waals surface area contributed by atoms with Gasteiger partial charge in [0.15, 0.2) is 0 Å². The molecule has 2 rings (SSSR count). The third-order valence-electron chi connectivity index (χ3n) is 3.27. The number of benzene rings is 2. The minimum atomic E-state index is -1.58. The van der Waals surface area contributed by atoms with Crippen LogP contribution in [0.4, 0.5) is 0 Å². The summed E-state index contributed by atoms with van der Waals surface area (Å²) in [5.74, 6) is -2.86. The summed E-state index contributed by atoms with van der Waals surface area (Å²) in [6.45, 7) is 1.17. The van der Waals surface area contributed by atoms with Crippen molar-refractivity contribution in [3.05, 3.63) is 71.3 Å². The molecule has 1 N–H and O–H groups in total. The minimum absolute atomic E-state index is 0.217. The SMILES string of the molecule is Cc1ccccc1C(=O)OC[C@@H](OC(=O)c1ccccc1)C(=O)O. The predicted molar refractivity (Wildman–Crippen MR) is 84.7 cm³/mol. The Kier molecular flexibility index (Phi) is 5.68.